The van der Waals surface area contributed by atoms with Crippen LogP contribution in [-0.4, -0.2) is 47.4 Å². The van der Waals surface area contributed by atoms with Gasteiger partial charge in [0.05, 0.1) is 11.4 Å². The van der Waals surface area contributed by atoms with Gasteiger partial charge in [0.1, 0.15) is 0 Å². The van der Waals surface area contributed by atoms with Gasteiger partial charge in [-0.2, -0.15) is 5.10 Å². The normalized spacial score (nSPS) is 22.2. The second-order valence-corrected chi connectivity index (χ2v) is 5.32. The summed E-state index contributed by atoms with van der Waals surface area (Å²) in [6.45, 7) is 7.54. The molecule has 2 heterocycles. The van der Waals surface area contributed by atoms with Gasteiger partial charge in [-0.3, -0.25) is 4.68 Å². The molecule has 2 N–H and O–H groups in total. The van der Waals surface area contributed by atoms with Crippen LogP contribution in [0.15, 0.2) is 0 Å². The van der Waals surface area contributed by atoms with E-state index in [2.05, 4.69) is 28.9 Å². The summed E-state index contributed by atoms with van der Waals surface area (Å²) in [5, 5.41) is 4.44. The van der Waals surface area contributed by atoms with Crippen LogP contribution >= 0.6 is 0 Å². The zero-order valence-electron chi connectivity index (χ0n) is 12.0. The Kier molecular flexibility index (Phi) is 3.80. The Bertz CT molecular complexity index is 412. The van der Waals surface area contributed by atoms with Crippen molar-refractivity contribution < 1.29 is 0 Å². The number of anilines is 2. The van der Waals surface area contributed by atoms with E-state index < -0.39 is 0 Å². The number of nitrogen functional groups attached to an aromatic ring is 1. The SMILES string of the molecule is CCC1CN(C)CCCN1c1c(N)c(C)nn1C. The summed E-state index contributed by atoms with van der Waals surface area (Å²) in [5.74, 6) is 1.09. The van der Waals surface area contributed by atoms with Crippen LogP contribution < -0.4 is 10.6 Å². The Morgan fingerprint density at radius 1 is 1.33 bits per heavy atom. The fourth-order valence-corrected chi connectivity index (χ4v) is 2.87. The number of nitrogens with two attached hydrogens (primary N) is 1. The molecule has 0 saturated carbocycles. The molecular weight excluding hydrogens is 226 g/mol. The van der Waals surface area contributed by atoms with Crippen molar-refractivity contribution in [2.24, 2.45) is 7.05 Å². The maximum Gasteiger partial charge on any atom is 0.150 e. The van der Waals surface area contributed by atoms with Crippen molar-refractivity contribution in [1.29, 1.82) is 0 Å². The van der Waals surface area contributed by atoms with E-state index in [-0.39, 0.29) is 0 Å². The standard InChI is InChI=1S/C13H25N5/c1-5-11-9-16(3)7-6-8-18(11)13-12(14)10(2)15-17(13)4/h11H,5-9,14H2,1-4H3. The molecule has 0 amide bonds. The number of aryl methyl sites for hydroxylation is 2. The van der Waals surface area contributed by atoms with E-state index in [4.69, 9.17) is 5.73 Å². The Morgan fingerprint density at radius 3 is 2.61 bits per heavy atom. The van der Waals surface area contributed by atoms with E-state index in [1.165, 1.54) is 6.42 Å². The number of hydrogen-bond donors (Lipinski definition) is 1. The van der Waals surface area contributed by atoms with Crippen molar-refractivity contribution in [3.8, 4) is 0 Å². The third-order valence-electron chi connectivity index (χ3n) is 3.88. The molecule has 1 aliphatic rings. The summed E-state index contributed by atoms with van der Waals surface area (Å²) in [6.07, 6.45) is 2.31. The van der Waals surface area contributed by atoms with E-state index in [0.717, 1.165) is 43.3 Å². The lowest BCUT2D eigenvalue weighted by molar-refractivity contribution is 0.327. The molecule has 5 nitrogen and oxygen atoms in total. The molecule has 1 aromatic heterocycles. The number of nitrogens with zero attached hydrogens (tertiary/aromatic N) is 4. The summed E-state index contributed by atoms with van der Waals surface area (Å²) in [5.41, 5.74) is 7.96. The minimum atomic E-state index is 0.523. The van der Waals surface area contributed by atoms with Crippen LogP contribution in [0.1, 0.15) is 25.5 Å². The fourth-order valence-electron chi connectivity index (χ4n) is 2.87. The Morgan fingerprint density at radius 2 is 2.06 bits per heavy atom. The van der Waals surface area contributed by atoms with Crippen LogP contribution in [0.4, 0.5) is 11.5 Å². The molecule has 0 spiro atoms. The smallest absolute Gasteiger partial charge is 0.150 e. The van der Waals surface area contributed by atoms with Gasteiger partial charge in [0.15, 0.2) is 5.82 Å². The summed E-state index contributed by atoms with van der Waals surface area (Å²) in [4.78, 5) is 4.85. The van der Waals surface area contributed by atoms with Gasteiger partial charge in [-0.1, -0.05) is 6.92 Å². The van der Waals surface area contributed by atoms with Gasteiger partial charge in [0.25, 0.3) is 0 Å². The van der Waals surface area contributed by atoms with Gasteiger partial charge < -0.3 is 15.5 Å². The molecule has 1 atom stereocenters. The van der Waals surface area contributed by atoms with Crippen molar-refractivity contribution in [2.75, 3.05) is 37.3 Å². The van der Waals surface area contributed by atoms with Gasteiger partial charge in [-0.05, 0) is 33.4 Å². The molecule has 5 heteroatoms. The van der Waals surface area contributed by atoms with E-state index in [1.54, 1.807) is 0 Å². The lowest BCUT2D eigenvalue weighted by atomic mass is 10.2. The zero-order valence-corrected chi connectivity index (χ0v) is 12.0. The number of rotatable bonds is 2. The number of hydrogen-bond acceptors (Lipinski definition) is 4. The highest BCUT2D eigenvalue weighted by Gasteiger charge is 2.26. The van der Waals surface area contributed by atoms with Crippen molar-refractivity contribution in [3.63, 3.8) is 0 Å². The molecule has 1 aromatic rings. The largest absolute Gasteiger partial charge is 0.394 e. The van der Waals surface area contributed by atoms with Crippen molar-refractivity contribution in [3.05, 3.63) is 5.69 Å². The average molecular weight is 251 g/mol. The highest BCUT2D eigenvalue weighted by Crippen LogP contribution is 2.29. The minimum absolute atomic E-state index is 0.523. The predicted molar refractivity (Wildman–Crippen MR) is 75.9 cm³/mol. The lowest BCUT2D eigenvalue weighted by Crippen LogP contribution is -2.41. The molecule has 1 saturated heterocycles. The van der Waals surface area contributed by atoms with Crippen LogP contribution in [0.5, 0.6) is 0 Å². The monoisotopic (exact) mass is 251 g/mol. The Labute approximate surface area is 110 Å². The first kappa shape index (κ1) is 13.2. The maximum absolute atomic E-state index is 6.20. The van der Waals surface area contributed by atoms with Gasteiger partial charge in [-0.15, -0.1) is 0 Å². The first-order valence-corrected chi connectivity index (χ1v) is 6.78. The molecule has 102 valence electrons. The molecule has 1 aliphatic heterocycles. The second-order valence-electron chi connectivity index (χ2n) is 5.32. The Hall–Kier alpha value is -1.23. The van der Waals surface area contributed by atoms with E-state index >= 15 is 0 Å². The zero-order chi connectivity index (χ0) is 13.3. The first-order chi connectivity index (χ1) is 8.54. The van der Waals surface area contributed by atoms with Crippen molar-refractivity contribution in [2.45, 2.75) is 32.7 Å². The van der Waals surface area contributed by atoms with Crippen LogP contribution in [-0.2, 0) is 7.05 Å². The molecule has 2 rings (SSSR count). The van der Waals surface area contributed by atoms with Crippen LogP contribution in [0.3, 0.4) is 0 Å². The van der Waals surface area contributed by atoms with Crippen molar-refractivity contribution in [1.82, 2.24) is 14.7 Å². The lowest BCUT2D eigenvalue weighted by Gasteiger charge is -2.32. The van der Waals surface area contributed by atoms with Crippen LogP contribution in [0.25, 0.3) is 0 Å². The maximum atomic E-state index is 6.20. The van der Waals surface area contributed by atoms with Gasteiger partial charge >= 0.3 is 0 Å². The molecule has 1 fully saturated rings. The molecular formula is C13H25N5. The van der Waals surface area contributed by atoms with Crippen LogP contribution in [0.2, 0.25) is 0 Å². The molecule has 1 unspecified atom stereocenters. The fraction of sp³-hybridized carbons (Fsp3) is 0.769. The average Bonchev–Trinajstić information content (AvgIpc) is 2.51. The first-order valence-electron chi connectivity index (χ1n) is 6.78. The van der Waals surface area contributed by atoms with Gasteiger partial charge in [-0.25, -0.2) is 0 Å². The summed E-state index contributed by atoms with van der Waals surface area (Å²) in [7, 11) is 4.18. The summed E-state index contributed by atoms with van der Waals surface area (Å²) in [6, 6.07) is 0.523. The summed E-state index contributed by atoms with van der Waals surface area (Å²) < 4.78 is 1.93. The molecule has 0 aliphatic carbocycles. The quantitative estimate of drug-likeness (QED) is 0.859. The topological polar surface area (TPSA) is 50.3 Å². The minimum Gasteiger partial charge on any atom is -0.394 e. The van der Waals surface area contributed by atoms with Crippen molar-refractivity contribution >= 4 is 11.5 Å². The highest BCUT2D eigenvalue weighted by molar-refractivity contribution is 5.66. The third kappa shape index (κ3) is 2.32. The van der Waals surface area contributed by atoms with E-state index in [1.807, 2.05) is 18.7 Å². The van der Waals surface area contributed by atoms with E-state index in [0.29, 0.717) is 6.04 Å². The number of aromatic nitrogens is 2. The Balaban J connectivity index is 2.34. The molecule has 0 aromatic carbocycles. The van der Waals surface area contributed by atoms with E-state index in [9.17, 15) is 0 Å². The third-order valence-corrected chi connectivity index (χ3v) is 3.88. The van der Waals surface area contributed by atoms with Gasteiger partial charge in [0.2, 0.25) is 0 Å². The highest BCUT2D eigenvalue weighted by atomic mass is 15.4. The summed E-state index contributed by atoms with van der Waals surface area (Å²) >= 11 is 0. The predicted octanol–water partition coefficient (Wildman–Crippen LogP) is 1.23. The molecule has 0 radical (unpaired) electrons. The second kappa shape index (κ2) is 5.18. The van der Waals surface area contributed by atoms with Gasteiger partial charge in [0, 0.05) is 26.2 Å². The molecule has 18 heavy (non-hydrogen) atoms. The number of likely N-dealkylation sites (N-methyl/N-ethyl adjacent to an activating group) is 1. The van der Waals surface area contributed by atoms with Crippen LogP contribution in [0, 0.1) is 6.92 Å². The molecule has 0 bridgehead atoms.